The molecule has 1 aromatic heterocycles. The Labute approximate surface area is 128 Å². The van der Waals surface area contributed by atoms with Crippen LogP contribution in [0.25, 0.3) is 0 Å². The Morgan fingerprint density at radius 2 is 2.17 bits per heavy atom. The van der Waals surface area contributed by atoms with Crippen molar-refractivity contribution in [3.8, 4) is 0 Å². The fourth-order valence-corrected chi connectivity index (χ4v) is 3.39. The van der Waals surface area contributed by atoms with E-state index >= 15 is 0 Å². The summed E-state index contributed by atoms with van der Waals surface area (Å²) in [6, 6.07) is 5.60. The molecule has 2 aromatic rings. The molecular formula is C12H12Br2ClN3. The maximum atomic E-state index is 6.30. The molecule has 0 aliphatic heterocycles. The second kappa shape index (κ2) is 5.74. The molecular weight excluding hydrogens is 381 g/mol. The number of rotatable bonds is 3. The van der Waals surface area contributed by atoms with Crippen molar-refractivity contribution in [2.45, 2.75) is 19.5 Å². The molecule has 0 spiro atoms. The topological polar surface area (TPSA) is 43.8 Å². The Morgan fingerprint density at radius 1 is 1.44 bits per heavy atom. The number of hydrogen-bond acceptors (Lipinski definition) is 2. The average molecular weight is 394 g/mol. The number of benzene rings is 1. The number of nitrogens with zero attached hydrogens (tertiary/aromatic N) is 2. The minimum absolute atomic E-state index is 0.303. The molecule has 1 unspecified atom stereocenters. The highest BCUT2D eigenvalue weighted by molar-refractivity contribution is 9.11. The van der Waals surface area contributed by atoms with Crippen LogP contribution in [-0.2, 0) is 6.54 Å². The average Bonchev–Trinajstić information content (AvgIpc) is 2.69. The Hall–Kier alpha value is -0.360. The predicted molar refractivity (Wildman–Crippen MR) is 80.8 cm³/mol. The molecule has 0 aliphatic rings. The monoisotopic (exact) mass is 391 g/mol. The van der Waals surface area contributed by atoms with Gasteiger partial charge < -0.3 is 5.73 Å². The lowest BCUT2D eigenvalue weighted by atomic mass is 10.0. The first-order valence-corrected chi connectivity index (χ1v) is 7.42. The van der Waals surface area contributed by atoms with Crippen LogP contribution < -0.4 is 5.73 Å². The molecule has 0 saturated carbocycles. The number of hydrogen-bond donors (Lipinski definition) is 1. The molecule has 6 heteroatoms. The van der Waals surface area contributed by atoms with Crippen LogP contribution in [0.1, 0.15) is 24.2 Å². The van der Waals surface area contributed by atoms with Gasteiger partial charge in [-0.1, -0.05) is 49.5 Å². The lowest BCUT2D eigenvalue weighted by Gasteiger charge is -2.16. The molecule has 1 atom stereocenters. The van der Waals surface area contributed by atoms with Crippen LogP contribution in [0.4, 0.5) is 0 Å². The summed E-state index contributed by atoms with van der Waals surface area (Å²) < 4.78 is 3.77. The van der Waals surface area contributed by atoms with E-state index < -0.39 is 0 Å². The van der Waals surface area contributed by atoms with Crippen LogP contribution in [0.5, 0.6) is 0 Å². The van der Waals surface area contributed by atoms with Crippen LogP contribution in [0, 0.1) is 0 Å². The van der Waals surface area contributed by atoms with Gasteiger partial charge in [0.1, 0.15) is 0 Å². The second-order valence-corrected chi connectivity index (χ2v) is 6.01. The Bertz CT molecular complexity index is 568. The molecule has 0 radical (unpaired) electrons. The molecule has 18 heavy (non-hydrogen) atoms. The van der Waals surface area contributed by atoms with Gasteiger partial charge in [0.2, 0.25) is 0 Å². The molecule has 96 valence electrons. The van der Waals surface area contributed by atoms with Gasteiger partial charge in [-0.05, 0) is 24.6 Å². The number of halogens is 3. The van der Waals surface area contributed by atoms with Crippen molar-refractivity contribution in [1.29, 1.82) is 0 Å². The summed E-state index contributed by atoms with van der Waals surface area (Å²) in [7, 11) is 0. The molecule has 1 aromatic carbocycles. The standard InChI is InChI=1S/C12H12Br2ClN3/c1-2-18-12(10(15)6-17-18)11(16)8-4-3-7(13)5-9(8)14/h3-6,11H,2,16H2,1H3. The maximum absolute atomic E-state index is 6.30. The summed E-state index contributed by atoms with van der Waals surface area (Å²) in [5, 5.41) is 4.80. The van der Waals surface area contributed by atoms with E-state index in [9.17, 15) is 0 Å². The Balaban J connectivity index is 2.47. The summed E-state index contributed by atoms with van der Waals surface area (Å²) >= 11 is 13.1. The van der Waals surface area contributed by atoms with Gasteiger partial charge in [0, 0.05) is 15.5 Å². The molecule has 0 aliphatic carbocycles. The van der Waals surface area contributed by atoms with E-state index in [4.69, 9.17) is 17.3 Å². The van der Waals surface area contributed by atoms with Crippen molar-refractivity contribution in [3.63, 3.8) is 0 Å². The van der Waals surface area contributed by atoms with Gasteiger partial charge in [-0.25, -0.2) is 0 Å². The first-order chi connectivity index (χ1) is 8.54. The van der Waals surface area contributed by atoms with E-state index in [0.717, 1.165) is 26.7 Å². The smallest absolute Gasteiger partial charge is 0.0837 e. The fourth-order valence-electron chi connectivity index (χ4n) is 1.83. The molecule has 0 amide bonds. The Kier molecular flexibility index (Phi) is 4.48. The van der Waals surface area contributed by atoms with Crippen LogP contribution in [0.15, 0.2) is 33.3 Å². The second-order valence-electron chi connectivity index (χ2n) is 3.84. The van der Waals surface area contributed by atoms with Gasteiger partial charge in [0.05, 0.1) is 23.0 Å². The maximum Gasteiger partial charge on any atom is 0.0837 e. The van der Waals surface area contributed by atoms with Gasteiger partial charge in [-0.2, -0.15) is 5.10 Å². The summed E-state index contributed by atoms with van der Waals surface area (Å²) in [4.78, 5) is 0. The number of aryl methyl sites for hydroxylation is 1. The highest BCUT2D eigenvalue weighted by Crippen LogP contribution is 2.32. The van der Waals surface area contributed by atoms with E-state index in [0.29, 0.717) is 5.02 Å². The van der Waals surface area contributed by atoms with Crippen LogP contribution in [-0.4, -0.2) is 9.78 Å². The largest absolute Gasteiger partial charge is 0.319 e. The van der Waals surface area contributed by atoms with E-state index in [2.05, 4.69) is 37.0 Å². The highest BCUT2D eigenvalue weighted by atomic mass is 79.9. The van der Waals surface area contributed by atoms with Gasteiger partial charge in [-0.3, -0.25) is 4.68 Å². The van der Waals surface area contributed by atoms with Gasteiger partial charge in [0.15, 0.2) is 0 Å². The molecule has 0 fully saturated rings. The van der Waals surface area contributed by atoms with Gasteiger partial charge in [-0.15, -0.1) is 0 Å². The molecule has 0 saturated heterocycles. The van der Waals surface area contributed by atoms with Crippen molar-refractivity contribution >= 4 is 43.5 Å². The van der Waals surface area contributed by atoms with Crippen molar-refractivity contribution in [3.05, 3.63) is 49.6 Å². The zero-order valence-electron chi connectivity index (χ0n) is 9.70. The highest BCUT2D eigenvalue weighted by Gasteiger charge is 2.20. The summed E-state index contributed by atoms with van der Waals surface area (Å²) in [5.74, 6) is 0. The SMILES string of the molecule is CCn1ncc(Cl)c1C(N)c1ccc(Br)cc1Br. The molecule has 0 bridgehead atoms. The first-order valence-electron chi connectivity index (χ1n) is 5.46. The van der Waals surface area contributed by atoms with Crippen LogP contribution in [0.2, 0.25) is 5.02 Å². The van der Waals surface area contributed by atoms with Crippen LogP contribution >= 0.6 is 43.5 Å². The number of nitrogens with two attached hydrogens (primary N) is 1. The normalized spacial score (nSPS) is 12.7. The predicted octanol–water partition coefficient (Wildman–Crippen LogP) is 4.13. The van der Waals surface area contributed by atoms with E-state index in [1.807, 2.05) is 29.8 Å². The fraction of sp³-hybridized carbons (Fsp3) is 0.250. The van der Waals surface area contributed by atoms with Gasteiger partial charge >= 0.3 is 0 Å². The van der Waals surface area contributed by atoms with E-state index in [1.54, 1.807) is 6.20 Å². The molecule has 2 rings (SSSR count). The van der Waals surface area contributed by atoms with Crippen LogP contribution in [0.3, 0.4) is 0 Å². The first kappa shape index (κ1) is 14.1. The van der Waals surface area contributed by atoms with E-state index in [1.165, 1.54) is 0 Å². The molecule has 1 heterocycles. The van der Waals surface area contributed by atoms with Crippen molar-refractivity contribution in [2.75, 3.05) is 0 Å². The summed E-state index contributed by atoms with van der Waals surface area (Å²) in [5.41, 5.74) is 8.12. The Morgan fingerprint density at radius 3 is 2.78 bits per heavy atom. The minimum atomic E-state index is -0.303. The molecule has 2 N–H and O–H groups in total. The van der Waals surface area contributed by atoms with E-state index in [-0.39, 0.29) is 6.04 Å². The zero-order chi connectivity index (χ0) is 13.3. The number of aromatic nitrogens is 2. The summed E-state index contributed by atoms with van der Waals surface area (Å²) in [6.45, 7) is 2.75. The van der Waals surface area contributed by atoms with Gasteiger partial charge in [0.25, 0.3) is 0 Å². The lowest BCUT2D eigenvalue weighted by Crippen LogP contribution is -2.18. The third-order valence-corrected chi connectivity index (χ3v) is 4.20. The molecule has 3 nitrogen and oxygen atoms in total. The lowest BCUT2D eigenvalue weighted by molar-refractivity contribution is 0.600. The third-order valence-electron chi connectivity index (χ3n) is 2.72. The third kappa shape index (κ3) is 2.64. The quantitative estimate of drug-likeness (QED) is 0.852. The zero-order valence-corrected chi connectivity index (χ0v) is 13.6. The van der Waals surface area contributed by atoms with Crippen molar-refractivity contribution < 1.29 is 0 Å². The summed E-state index contributed by atoms with van der Waals surface area (Å²) in [6.07, 6.45) is 1.63. The van der Waals surface area contributed by atoms with Crippen molar-refractivity contribution in [2.24, 2.45) is 5.73 Å². The van der Waals surface area contributed by atoms with Crippen molar-refractivity contribution in [1.82, 2.24) is 9.78 Å². The minimum Gasteiger partial charge on any atom is -0.319 e.